The first-order valence-electron chi connectivity index (χ1n) is 4.12. The maximum Gasteiger partial charge on any atom is 0 e. The molecule has 0 rings (SSSR count). The molecule has 0 spiro atoms. The van der Waals surface area contributed by atoms with E-state index in [1.54, 1.807) is 0 Å². The average molecular weight is 210 g/mol. The summed E-state index contributed by atoms with van der Waals surface area (Å²) in [6.07, 6.45) is 8.61. The molecule has 0 nitrogen and oxygen atoms in total. The van der Waals surface area contributed by atoms with Gasteiger partial charge in [-0.05, 0) is 25.2 Å². The fraction of sp³-hybridized carbons (Fsp3) is 1.00. The Labute approximate surface area is 90.2 Å². The Bertz CT molecular complexity index is 47.4. The van der Waals surface area contributed by atoms with Gasteiger partial charge in [-0.2, -0.15) is 0 Å². The summed E-state index contributed by atoms with van der Waals surface area (Å²) in [5.74, 6) is 0. The van der Waals surface area contributed by atoms with Gasteiger partial charge in [-0.1, -0.05) is 26.7 Å². The highest BCUT2D eigenvalue weighted by atomic mass is 35.5. The van der Waals surface area contributed by atoms with E-state index < -0.39 is 0 Å². The minimum atomic E-state index is 0. The second-order valence-corrected chi connectivity index (χ2v) is 3.96. The van der Waals surface area contributed by atoms with E-state index in [4.69, 9.17) is 0 Å². The number of hydrogen-bond acceptors (Lipinski definition) is 0. The molecule has 0 saturated heterocycles. The SMILES string of the molecule is CCCCPCCCC.Cl.[Al]. The Morgan fingerprint density at radius 1 is 0.909 bits per heavy atom. The van der Waals surface area contributed by atoms with Crippen LogP contribution in [0.3, 0.4) is 0 Å². The summed E-state index contributed by atoms with van der Waals surface area (Å²) in [6.45, 7) is 4.54. The zero-order valence-electron chi connectivity index (χ0n) is 7.73. The lowest BCUT2D eigenvalue weighted by atomic mass is 10.4. The van der Waals surface area contributed by atoms with Crippen LogP contribution in [0.2, 0.25) is 0 Å². The maximum atomic E-state index is 2.27. The van der Waals surface area contributed by atoms with Gasteiger partial charge in [0.2, 0.25) is 0 Å². The van der Waals surface area contributed by atoms with Crippen molar-refractivity contribution in [1.82, 2.24) is 0 Å². The molecule has 11 heavy (non-hydrogen) atoms. The van der Waals surface area contributed by atoms with Crippen molar-refractivity contribution in [2.45, 2.75) is 39.5 Å². The van der Waals surface area contributed by atoms with Crippen LogP contribution in [0.1, 0.15) is 39.5 Å². The molecule has 0 fully saturated rings. The Morgan fingerprint density at radius 2 is 1.27 bits per heavy atom. The Kier molecular flexibility index (Phi) is 28.6. The van der Waals surface area contributed by atoms with Crippen LogP contribution in [-0.2, 0) is 0 Å². The summed E-state index contributed by atoms with van der Waals surface area (Å²) >= 11 is 0. The topological polar surface area (TPSA) is 0 Å². The molecule has 0 aliphatic heterocycles. The van der Waals surface area contributed by atoms with E-state index in [1.807, 2.05) is 0 Å². The third kappa shape index (κ3) is 18.3. The molecule has 0 aliphatic carbocycles. The predicted octanol–water partition coefficient (Wildman–Crippen LogP) is 3.31. The van der Waals surface area contributed by atoms with Crippen LogP contribution in [0, 0.1) is 0 Å². The number of rotatable bonds is 6. The van der Waals surface area contributed by atoms with Crippen molar-refractivity contribution in [1.29, 1.82) is 0 Å². The van der Waals surface area contributed by atoms with Gasteiger partial charge in [0.05, 0.1) is 0 Å². The van der Waals surface area contributed by atoms with Crippen molar-refractivity contribution in [3.63, 3.8) is 0 Å². The minimum absolute atomic E-state index is 0. The van der Waals surface area contributed by atoms with Gasteiger partial charge >= 0.3 is 0 Å². The molecular weight excluding hydrogens is 189 g/mol. The number of unbranched alkanes of at least 4 members (excludes halogenated alkanes) is 2. The van der Waals surface area contributed by atoms with Crippen molar-refractivity contribution < 1.29 is 0 Å². The third-order valence-corrected chi connectivity index (χ3v) is 2.83. The largest absolute Gasteiger partial charge is 0.147 e. The quantitative estimate of drug-likeness (QED) is 0.358. The summed E-state index contributed by atoms with van der Waals surface area (Å²) in [7, 11) is 1.25. The Balaban J connectivity index is -0.000000320. The maximum absolute atomic E-state index is 2.27. The molecule has 0 unspecified atom stereocenters. The van der Waals surface area contributed by atoms with Crippen molar-refractivity contribution in [3.05, 3.63) is 0 Å². The first-order chi connectivity index (χ1) is 4.41. The predicted molar refractivity (Wildman–Crippen MR) is 60.9 cm³/mol. The zero-order chi connectivity index (χ0) is 6.95. The number of halogens is 1. The van der Waals surface area contributed by atoms with Gasteiger partial charge in [0.25, 0.3) is 0 Å². The molecule has 0 amide bonds. The summed E-state index contributed by atoms with van der Waals surface area (Å²) in [5.41, 5.74) is 0. The van der Waals surface area contributed by atoms with Crippen molar-refractivity contribution in [3.8, 4) is 0 Å². The van der Waals surface area contributed by atoms with E-state index in [1.165, 1.54) is 46.6 Å². The highest BCUT2D eigenvalue weighted by Crippen LogP contribution is 2.14. The second kappa shape index (κ2) is 17.4. The van der Waals surface area contributed by atoms with Crippen molar-refractivity contribution in [2.24, 2.45) is 0 Å². The minimum Gasteiger partial charge on any atom is -0.147 e. The fourth-order valence-corrected chi connectivity index (χ4v) is 2.19. The summed E-state index contributed by atoms with van der Waals surface area (Å²) < 4.78 is 0. The summed E-state index contributed by atoms with van der Waals surface area (Å²) in [4.78, 5) is 0. The van der Waals surface area contributed by atoms with Crippen LogP contribution in [0.15, 0.2) is 0 Å². The Morgan fingerprint density at radius 3 is 1.55 bits per heavy atom. The highest BCUT2D eigenvalue weighted by molar-refractivity contribution is 7.37. The van der Waals surface area contributed by atoms with E-state index in [0.717, 1.165) is 0 Å². The molecule has 0 bridgehead atoms. The average Bonchev–Trinajstić information content (AvgIpc) is 1.89. The first-order valence-corrected chi connectivity index (χ1v) is 5.54. The molecule has 3 radical (unpaired) electrons. The van der Waals surface area contributed by atoms with E-state index in [-0.39, 0.29) is 29.8 Å². The van der Waals surface area contributed by atoms with Gasteiger partial charge in [-0.15, -0.1) is 21.0 Å². The van der Waals surface area contributed by atoms with Gasteiger partial charge in [0.15, 0.2) is 0 Å². The van der Waals surface area contributed by atoms with E-state index in [2.05, 4.69) is 13.8 Å². The molecule has 0 atom stereocenters. The standard InChI is InChI=1S/C8H19P.Al.ClH/c1-3-5-7-9-8-6-4-2;;/h9H,3-8H2,1-2H3;;1H. The molecule has 0 aromatic rings. The molecule has 0 aromatic carbocycles. The molecule has 67 valence electrons. The van der Waals surface area contributed by atoms with E-state index in [0.29, 0.717) is 0 Å². The highest BCUT2D eigenvalue weighted by Gasteiger charge is 1.85. The Hall–Kier alpha value is 1.25. The van der Waals surface area contributed by atoms with Gasteiger partial charge in [-0.25, -0.2) is 0 Å². The van der Waals surface area contributed by atoms with Crippen LogP contribution in [0.5, 0.6) is 0 Å². The monoisotopic (exact) mass is 209 g/mol. The van der Waals surface area contributed by atoms with E-state index in [9.17, 15) is 0 Å². The van der Waals surface area contributed by atoms with Gasteiger partial charge in [0, 0.05) is 17.4 Å². The summed E-state index contributed by atoms with van der Waals surface area (Å²) in [6, 6.07) is 0. The summed E-state index contributed by atoms with van der Waals surface area (Å²) in [5, 5.41) is 0. The van der Waals surface area contributed by atoms with Gasteiger partial charge in [0.1, 0.15) is 0 Å². The first kappa shape index (κ1) is 18.1. The normalized spacial score (nSPS) is 8.18. The second-order valence-electron chi connectivity index (χ2n) is 2.46. The van der Waals surface area contributed by atoms with Crippen LogP contribution in [0.25, 0.3) is 0 Å². The van der Waals surface area contributed by atoms with Crippen LogP contribution >= 0.6 is 21.0 Å². The van der Waals surface area contributed by atoms with Gasteiger partial charge in [-0.3, -0.25) is 0 Å². The molecule has 0 N–H and O–H groups in total. The molecule has 0 aliphatic rings. The zero-order valence-corrected chi connectivity index (χ0v) is 10.7. The van der Waals surface area contributed by atoms with E-state index >= 15 is 0 Å². The lowest BCUT2D eigenvalue weighted by Gasteiger charge is -1.96. The lowest BCUT2D eigenvalue weighted by Crippen LogP contribution is -1.78. The lowest BCUT2D eigenvalue weighted by molar-refractivity contribution is 0.874. The fourth-order valence-electron chi connectivity index (χ4n) is 0.729. The smallest absolute Gasteiger partial charge is 0 e. The third-order valence-electron chi connectivity index (χ3n) is 1.41. The number of hydrogen-bond donors (Lipinski definition) is 0. The van der Waals surface area contributed by atoms with Crippen molar-refractivity contribution in [2.75, 3.05) is 12.3 Å². The van der Waals surface area contributed by atoms with Crippen LogP contribution in [-0.4, -0.2) is 29.7 Å². The molecular formula is C8H20AlClP. The molecule has 0 saturated carbocycles. The molecule has 0 aromatic heterocycles. The van der Waals surface area contributed by atoms with Gasteiger partial charge < -0.3 is 0 Å². The molecule has 3 heteroatoms. The van der Waals surface area contributed by atoms with Crippen LogP contribution in [0.4, 0.5) is 0 Å². The van der Waals surface area contributed by atoms with Crippen LogP contribution < -0.4 is 0 Å². The molecule has 0 heterocycles. The van der Waals surface area contributed by atoms with Crippen molar-refractivity contribution >= 4 is 38.3 Å².